The van der Waals surface area contributed by atoms with Gasteiger partial charge in [-0.3, -0.25) is 4.79 Å². The number of nitrogens with one attached hydrogen (secondary N) is 1. The van der Waals surface area contributed by atoms with Crippen LogP contribution in [0, 0.1) is 6.92 Å². The lowest BCUT2D eigenvalue weighted by Gasteiger charge is -2.03. The lowest BCUT2D eigenvalue weighted by atomic mass is 10.1. The van der Waals surface area contributed by atoms with Crippen LogP contribution in [-0.2, 0) is 18.3 Å². The number of rotatable bonds is 6. The third-order valence-electron chi connectivity index (χ3n) is 3.67. The third-order valence-corrected chi connectivity index (χ3v) is 5.45. The molecule has 0 bridgehead atoms. The molecule has 130 valence electrons. The molecule has 0 aliphatic carbocycles. The average Bonchev–Trinajstić information content (AvgIpc) is 3.20. The summed E-state index contributed by atoms with van der Waals surface area (Å²) < 4.78 is 1.91. The van der Waals surface area contributed by atoms with Gasteiger partial charge in [0.1, 0.15) is 5.82 Å². The molecule has 2 heterocycles. The van der Waals surface area contributed by atoms with Crippen LogP contribution in [0.5, 0.6) is 0 Å². The molecule has 3 aromatic rings. The minimum absolute atomic E-state index is 0.101. The highest BCUT2D eigenvalue weighted by atomic mass is 32.2. The number of aromatic nitrogens is 4. The molecule has 3 rings (SSSR count). The number of hydrogen-bond acceptors (Lipinski definition) is 6. The fourth-order valence-corrected chi connectivity index (χ4v) is 3.72. The summed E-state index contributed by atoms with van der Waals surface area (Å²) in [5.41, 5.74) is 3.12. The number of carbonyl (C=O) groups is 1. The van der Waals surface area contributed by atoms with Gasteiger partial charge >= 0.3 is 0 Å². The molecule has 0 saturated heterocycles. The fourth-order valence-electron chi connectivity index (χ4n) is 2.25. The van der Waals surface area contributed by atoms with Crippen molar-refractivity contribution >= 4 is 34.1 Å². The van der Waals surface area contributed by atoms with Crippen molar-refractivity contribution in [2.45, 2.75) is 25.4 Å². The van der Waals surface area contributed by atoms with Crippen LogP contribution in [0.1, 0.15) is 18.3 Å². The van der Waals surface area contributed by atoms with Crippen molar-refractivity contribution in [3.05, 3.63) is 41.0 Å². The van der Waals surface area contributed by atoms with Gasteiger partial charge in [-0.15, -0.1) is 21.5 Å². The van der Waals surface area contributed by atoms with Gasteiger partial charge in [-0.05, 0) is 6.92 Å². The van der Waals surface area contributed by atoms with Crippen molar-refractivity contribution in [1.82, 2.24) is 19.7 Å². The largest absolute Gasteiger partial charge is 0.309 e. The van der Waals surface area contributed by atoms with Crippen LogP contribution in [0.2, 0.25) is 0 Å². The summed E-state index contributed by atoms with van der Waals surface area (Å²) in [7, 11) is 1.91. The van der Waals surface area contributed by atoms with Crippen molar-refractivity contribution in [2.75, 3.05) is 11.1 Å². The summed E-state index contributed by atoms with van der Waals surface area (Å²) in [4.78, 5) is 16.6. The monoisotopic (exact) mass is 373 g/mol. The van der Waals surface area contributed by atoms with E-state index in [1.807, 2.05) is 36.1 Å². The second-order valence-electron chi connectivity index (χ2n) is 5.55. The van der Waals surface area contributed by atoms with E-state index in [2.05, 4.69) is 39.6 Å². The van der Waals surface area contributed by atoms with Crippen LogP contribution in [0.25, 0.3) is 11.3 Å². The average molecular weight is 374 g/mol. The number of aryl methyl sites for hydroxylation is 2. The Labute approximate surface area is 154 Å². The van der Waals surface area contributed by atoms with E-state index in [9.17, 15) is 4.79 Å². The van der Waals surface area contributed by atoms with Gasteiger partial charge in [0.25, 0.3) is 0 Å². The smallest absolute Gasteiger partial charge is 0.236 e. The van der Waals surface area contributed by atoms with Crippen LogP contribution in [0.3, 0.4) is 0 Å². The summed E-state index contributed by atoms with van der Waals surface area (Å²) in [5.74, 6) is 1.08. The highest BCUT2D eigenvalue weighted by Crippen LogP contribution is 2.25. The van der Waals surface area contributed by atoms with Gasteiger partial charge in [-0.2, -0.15) is 0 Å². The van der Waals surface area contributed by atoms with Gasteiger partial charge < -0.3 is 9.88 Å². The molecular formula is C17H19N5OS2. The Bertz CT molecular complexity index is 870. The van der Waals surface area contributed by atoms with Crippen LogP contribution < -0.4 is 5.32 Å². The summed E-state index contributed by atoms with van der Waals surface area (Å²) in [6.45, 7) is 4.08. The SMILES string of the molecule is CCc1nnc(SCC(=O)Nc2nc(-c3ccc(C)cc3)cs2)n1C. The lowest BCUT2D eigenvalue weighted by molar-refractivity contribution is -0.113. The van der Waals surface area contributed by atoms with E-state index in [0.717, 1.165) is 28.7 Å². The van der Waals surface area contributed by atoms with E-state index in [1.54, 1.807) is 0 Å². The first-order valence-electron chi connectivity index (χ1n) is 7.90. The normalized spacial score (nSPS) is 10.8. The zero-order valence-corrected chi connectivity index (χ0v) is 15.9. The molecule has 0 spiro atoms. The number of carbonyl (C=O) groups excluding carboxylic acids is 1. The van der Waals surface area contributed by atoms with Gasteiger partial charge in [-0.1, -0.05) is 48.5 Å². The summed E-state index contributed by atoms with van der Waals surface area (Å²) in [6.07, 6.45) is 0.817. The zero-order valence-electron chi connectivity index (χ0n) is 14.3. The first-order valence-corrected chi connectivity index (χ1v) is 9.77. The first-order chi connectivity index (χ1) is 12.1. The maximum Gasteiger partial charge on any atom is 0.236 e. The molecule has 6 nitrogen and oxygen atoms in total. The molecule has 1 N–H and O–H groups in total. The molecule has 1 amide bonds. The Morgan fingerprint density at radius 2 is 2.04 bits per heavy atom. The molecule has 0 saturated carbocycles. The molecule has 0 atom stereocenters. The van der Waals surface area contributed by atoms with Gasteiger partial charge in [0.05, 0.1) is 11.4 Å². The zero-order chi connectivity index (χ0) is 17.8. The summed E-state index contributed by atoms with van der Waals surface area (Å²) >= 11 is 2.79. The maximum absolute atomic E-state index is 12.1. The topological polar surface area (TPSA) is 72.7 Å². The lowest BCUT2D eigenvalue weighted by Crippen LogP contribution is -2.14. The minimum atomic E-state index is -0.101. The quantitative estimate of drug-likeness (QED) is 0.669. The standard InChI is InChI=1S/C17H19N5OS2/c1-4-14-20-21-17(22(14)3)25-10-15(23)19-16-18-13(9-24-16)12-7-5-11(2)6-8-12/h5-9H,4,10H2,1-3H3,(H,18,19,23). The first kappa shape index (κ1) is 17.6. The molecular weight excluding hydrogens is 354 g/mol. The van der Waals surface area contributed by atoms with E-state index < -0.39 is 0 Å². The van der Waals surface area contributed by atoms with E-state index >= 15 is 0 Å². The van der Waals surface area contributed by atoms with Crippen molar-refractivity contribution < 1.29 is 4.79 Å². The molecule has 2 aromatic heterocycles. The molecule has 25 heavy (non-hydrogen) atoms. The van der Waals surface area contributed by atoms with Gasteiger partial charge in [0.2, 0.25) is 5.91 Å². The van der Waals surface area contributed by atoms with Crippen molar-refractivity contribution in [1.29, 1.82) is 0 Å². The summed E-state index contributed by atoms with van der Waals surface area (Å²) in [5, 5.41) is 14.3. The number of hydrogen-bond donors (Lipinski definition) is 1. The van der Waals surface area contributed by atoms with Crippen molar-refractivity contribution in [2.24, 2.45) is 7.05 Å². The Morgan fingerprint density at radius 1 is 1.28 bits per heavy atom. The molecule has 8 heteroatoms. The Morgan fingerprint density at radius 3 is 2.72 bits per heavy atom. The molecule has 0 aliphatic heterocycles. The van der Waals surface area contributed by atoms with Crippen molar-refractivity contribution in [3.63, 3.8) is 0 Å². The highest BCUT2D eigenvalue weighted by molar-refractivity contribution is 7.99. The molecule has 0 radical (unpaired) electrons. The number of anilines is 1. The Balaban J connectivity index is 1.58. The predicted octanol–water partition coefficient (Wildman–Crippen LogP) is 3.54. The maximum atomic E-state index is 12.1. The van der Waals surface area contributed by atoms with E-state index in [1.165, 1.54) is 28.7 Å². The van der Waals surface area contributed by atoms with E-state index in [4.69, 9.17) is 0 Å². The minimum Gasteiger partial charge on any atom is -0.309 e. The highest BCUT2D eigenvalue weighted by Gasteiger charge is 2.12. The van der Waals surface area contributed by atoms with Crippen molar-refractivity contribution in [3.8, 4) is 11.3 Å². The molecule has 0 fully saturated rings. The number of thioether (sulfide) groups is 1. The number of thiazole rings is 1. The second kappa shape index (κ2) is 7.79. The van der Waals surface area contributed by atoms with Gasteiger partial charge in [-0.25, -0.2) is 4.98 Å². The number of nitrogens with zero attached hydrogens (tertiary/aromatic N) is 4. The van der Waals surface area contributed by atoms with Crippen LogP contribution in [-0.4, -0.2) is 31.4 Å². The third kappa shape index (κ3) is 4.26. The van der Waals surface area contributed by atoms with Crippen LogP contribution in [0.4, 0.5) is 5.13 Å². The molecule has 1 aromatic carbocycles. The molecule has 0 aliphatic rings. The summed E-state index contributed by atoms with van der Waals surface area (Å²) in [6, 6.07) is 8.17. The van der Waals surface area contributed by atoms with Crippen LogP contribution >= 0.6 is 23.1 Å². The second-order valence-corrected chi connectivity index (χ2v) is 7.35. The van der Waals surface area contributed by atoms with Gasteiger partial charge in [0.15, 0.2) is 10.3 Å². The Hall–Kier alpha value is -2.19. The van der Waals surface area contributed by atoms with E-state index in [-0.39, 0.29) is 11.7 Å². The molecule has 0 unspecified atom stereocenters. The van der Waals surface area contributed by atoms with E-state index in [0.29, 0.717) is 5.13 Å². The number of amides is 1. The Kier molecular flexibility index (Phi) is 5.50. The van der Waals surface area contributed by atoms with Gasteiger partial charge in [0, 0.05) is 24.4 Å². The predicted molar refractivity (Wildman–Crippen MR) is 102 cm³/mol. The number of benzene rings is 1. The fraction of sp³-hybridized carbons (Fsp3) is 0.294. The van der Waals surface area contributed by atoms with Crippen LogP contribution in [0.15, 0.2) is 34.8 Å².